The van der Waals surface area contributed by atoms with Crippen molar-refractivity contribution in [3.63, 3.8) is 0 Å². The second-order valence-electron chi connectivity index (χ2n) is 8.20. The Hall–Kier alpha value is 0.177. The summed E-state index contributed by atoms with van der Waals surface area (Å²) in [5, 5.41) is 0.336. The van der Waals surface area contributed by atoms with E-state index in [1.807, 2.05) is 0 Å². The summed E-state index contributed by atoms with van der Waals surface area (Å²) in [5.41, 5.74) is 0.477. The van der Waals surface area contributed by atoms with Gasteiger partial charge < -0.3 is 4.43 Å². The third-order valence-corrected chi connectivity index (χ3v) is 10.3. The lowest BCUT2D eigenvalue weighted by molar-refractivity contribution is 0.0222. The first-order valence-corrected chi connectivity index (χ1v) is 10.6. The summed E-state index contributed by atoms with van der Waals surface area (Å²) >= 11 is 0. The SMILES string of the molecule is CC(C)(C)[Si](C)(C)O[C@H]1CCC[C@@]2(C)[CH]CC[C@@H]12. The smallest absolute Gasteiger partial charge is 0.192 e. The van der Waals surface area contributed by atoms with Crippen LogP contribution in [0.1, 0.15) is 59.8 Å². The molecular formula is C16H31OSi. The van der Waals surface area contributed by atoms with Crippen LogP contribution in [0.3, 0.4) is 0 Å². The molecule has 1 radical (unpaired) electrons. The van der Waals surface area contributed by atoms with Gasteiger partial charge in [0.2, 0.25) is 0 Å². The number of rotatable bonds is 2. The van der Waals surface area contributed by atoms with E-state index in [-0.39, 0.29) is 0 Å². The summed E-state index contributed by atoms with van der Waals surface area (Å²) in [6.07, 6.45) is 9.80. The van der Waals surface area contributed by atoms with Crippen molar-refractivity contribution >= 4 is 8.32 Å². The molecular weight excluding hydrogens is 236 g/mol. The van der Waals surface area contributed by atoms with Crippen LogP contribution in [0.4, 0.5) is 0 Å². The van der Waals surface area contributed by atoms with Crippen LogP contribution in [-0.4, -0.2) is 14.4 Å². The van der Waals surface area contributed by atoms with Crippen LogP contribution in [0.15, 0.2) is 0 Å². The van der Waals surface area contributed by atoms with E-state index in [1.54, 1.807) is 0 Å². The molecule has 0 saturated heterocycles. The monoisotopic (exact) mass is 267 g/mol. The molecule has 105 valence electrons. The fourth-order valence-electron chi connectivity index (χ4n) is 3.55. The Bertz CT molecular complexity index is 305. The lowest BCUT2D eigenvalue weighted by atomic mass is 9.68. The quantitative estimate of drug-likeness (QED) is 0.626. The first-order chi connectivity index (χ1) is 8.16. The second kappa shape index (κ2) is 4.62. The molecule has 18 heavy (non-hydrogen) atoms. The van der Waals surface area contributed by atoms with E-state index in [2.05, 4.69) is 47.2 Å². The molecule has 2 aliphatic rings. The molecule has 0 aromatic rings. The van der Waals surface area contributed by atoms with Gasteiger partial charge in [-0.2, -0.15) is 0 Å². The summed E-state index contributed by atoms with van der Waals surface area (Å²) in [6.45, 7) is 14.3. The molecule has 2 rings (SSSR count). The van der Waals surface area contributed by atoms with Crippen LogP contribution in [0.2, 0.25) is 18.1 Å². The minimum absolute atomic E-state index is 0.336. The molecule has 0 unspecified atom stereocenters. The largest absolute Gasteiger partial charge is 0.414 e. The highest BCUT2D eigenvalue weighted by atomic mass is 28.4. The molecule has 3 atom stereocenters. The first kappa shape index (κ1) is 14.6. The van der Waals surface area contributed by atoms with E-state index < -0.39 is 8.32 Å². The number of fused-ring (bicyclic) bond motifs is 1. The average molecular weight is 268 g/mol. The normalized spacial score (nSPS) is 37.7. The molecule has 0 aromatic carbocycles. The van der Waals surface area contributed by atoms with Gasteiger partial charge >= 0.3 is 0 Å². The highest BCUT2D eigenvalue weighted by molar-refractivity contribution is 6.74. The van der Waals surface area contributed by atoms with Gasteiger partial charge in [0.1, 0.15) is 0 Å². The predicted octanol–water partition coefficient (Wildman–Crippen LogP) is 5.18. The first-order valence-electron chi connectivity index (χ1n) is 7.68. The van der Waals surface area contributed by atoms with Crippen LogP contribution in [0.25, 0.3) is 0 Å². The van der Waals surface area contributed by atoms with Crippen molar-refractivity contribution < 1.29 is 4.43 Å². The molecule has 0 heterocycles. The van der Waals surface area contributed by atoms with Gasteiger partial charge in [-0.25, -0.2) is 0 Å². The standard InChI is InChI=1S/C16H31OSi/c1-15(2,3)18(5,6)17-14-10-8-12-16(4)11-7-9-13(14)16/h11,13-14H,7-10,12H2,1-6H3/t13-,14-,16+/m0/s1. The molecule has 0 spiro atoms. The fourth-order valence-corrected chi connectivity index (χ4v) is 4.95. The fraction of sp³-hybridized carbons (Fsp3) is 0.938. The Labute approximate surface area is 115 Å². The van der Waals surface area contributed by atoms with Crippen molar-refractivity contribution in [1.29, 1.82) is 0 Å². The van der Waals surface area contributed by atoms with Crippen LogP contribution < -0.4 is 0 Å². The summed E-state index contributed by atoms with van der Waals surface area (Å²) in [7, 11) is -1.60. The summed E-state index contributed by atoms with van der Waals surface area (Å²) in [4.78, 5) is 0. The van der Waals surface area contributed by atoms with Gasteiger partial charge in [0, 0.05) is 6.10 Å². The molecule has 2 heteroatoms. The van der Waals surface area contributed by atoms with Crippen LogP contribution in [-0.2, 0) is 4.43 Å². The molecule has 0 amide bonds. The Kier molecular flexibility index (Phi) is 3.75. The van der Waals surface area contributed by atoms with E-state index in [1.165, 1.54) is 32.1 Å². The molecule has 2 saturated carbocycles. The lowest BCUT2D eigenvalue weighted by Gasteiger charge is -2.47. The highest BCUT2D eigenvalue weighted by Gasteiger charge is 2.49. The third-order valence-electron chi connectivity index (χ3n) is 5.84. The average Bonchev–Trinajstić information content (AvgIpc) is 2.58. The maximum absolute atomic E-state index is 6.74. The van der Waals surface area contributed by atoms with Crippen LogP contribution >= 0.6 is 0 Å². The number of hydrogen-bond donors (Lipinski definition) is 0. The maximum Gasteiger partial charge on any atom is 0.192 e. The van der Waals surface area contributed by atoms with Crippen LogP contribution in [0, 0.1) is 17.8 Å². The Balaban J connectivity index is 2.10. The summed E-state index contributed by atoms with van der Waals surface area (Å²) < 4.78 is 6.74. The van der Waals surface area contributed by atoms with E-state index in [9.17, 15) is 0 Å². The van der Waals surface area contributed by atoms with E-state index >= 15 is 0 Å². The molecule has 0 aliphatic heterocycles. The van der Waals surface area contributed by atoms with Gasteiger partial charge in [0.25, 0.3) is 0 Å². The zero-order chi connectivity index (χ0) is 13.6. The molecule has 1 nitrogen and oxygen atoms in total. The van der Waals surface area contributed by atoms with E-state index in [0.29, 0.717) is 16.6 Å². The molecule has 0 aromatic heterocycles. The second-order valence-corrected chi connectivity index (χ2v) is 13.0. The third kappa shape index (κ3) is 2.56. The summed E-state index contributed by atoms with van der Waals surface area (Å²) in [5.74, 6) is 0.792. The predicted molar refractivity (Wildman–Crippen MR) is 81.1 cm³/mol. The van der Waals surface area contributed by atoms with Gasteiger partial charge in [-0.05, 0) is 61.6 Å². The summed E-state index contributed by atoms with van der Waals surface area (Å²) in [6, 6.07) is 0. The van der Waals surface area contributed by atoms with E-state index in [0.717, 1.165) is 5.92 Å². The van der Waals surface area contributed by atoms with Gasteiger partial charge in [-0.15, -0.1) is 0 Å². The van der Waals surface area contributed by atoms with Crippen LogP contribution in [0.5, 0.6) is 0 Å². The Morgan fingerprint density at radius 2 is 1.89 bits per heavy atom. The zero-order valence-corrected chi connectivity index (χ0v) is 14.2. The number of hydrogen-bond acceptors (Lipinski definition) is 1. The van der Waals surface area contributed by atoms with Gasteiger partial charge in [-0.3, -0.25) is 0 Å². The van der Waals surface area contributed by atoms with Crippen molar-refractivity contribution in [1.82, 2.24) is 0 Å². The van der Waals surface area contributed by atoms with Crippen molar-refractivity contribution in [3.8, 4) is 0 Å². The van der Waals surface area contributed by atoms with Gasteiger partial charge in [0.05, 0.1) is 0 Å². The minimum Gasteiger partial charge on any atom is -0.414 e. The maximum atomic E-state index is 6.74. The van der Waals surface area contributed by atoms with E-state index in [4.69, 9.17) is 4.43 Å². The topological polar surface area (TPSA) is 9.23 Å². The Morgan fingerprint density at radius 1 is 1.22 bits per heavy atom. The minimum atomic E-state index is -1.60. The molecule has 0 bridgehead atoms. The Morgan fingerprint density at radius 3 is 2.50 bits per heavy atom. The molecule has 2 fully saturated rings. The highest BCUT2D eigenvalue weighted by Crippen LogP contribution is 2.53. The van der Waals surface area contributed by atoms with Crippen molar-refractivity contribution in [2.24, 2.45) is 11.3 Å². The molecule has 2 aliphatic carbocycles. The molecule has 0 N–H and O–H groups in total. The lowest BCUT2D eigenvalue weighted by Crippen LogP contribution is -2.49. The zero-order valence-electron chi connectivity index (χ0n) is 13.2. The van der Waals surface area contributed by atoms with Crippen molar-refractivity contribution in [3.05, 3.63) is 6.42 Å². The van der Waals surface area contributed by atoms with Gasteiger partial charge in [-0.1, -0.05) is 34.1 Å². The van der Waals surface area contributed by atoms with Gasteiger partial charge in [0.15, 0.2) is 8.32 Å². The van der Waals surface area contributed by atoms with Crippen molar-refractivity contribution in [2.45, 2.75) is 84.0 Å². The van der Waals surface area contributed by atoms with Crippen molar-refractivity contribution in [2.75, 3.05) is 0 Å².